The zero-order valence-electron chi connectivity index (χ0n) is 14.8. The molecule has 0 unspecified atom stereocenters. The quantitative estimate of drug-likeness (QED) is 0.650. The first-order valence-electron chi connectivity index (χ1n) is 7.94. The molecule has 0 radical (unpaired) electrons. The van der Waals surface area contributed by atoms with Crippen molar-refractivity contribution in [1.29, 1.82) is 0 Å². The van der Waals surface area contributed by atoms with Crippen molar-refractivity contribution in [1.82, 2.24) is 10.2 Å². The van der Waals surface area contributed by atoms with Crippen molar-refractivity contribution in [3.05, 3.63) is 52.3 Å². The van der Waals surface area contributed by atoms with Crippen LogP contribution in [-0.4, -0.2) is 28.6 Å². The third-order valence-corrected chi connectivity index (χ3v) is 3.76. The summed E-state index contributed by atoms with van der Waals surface area (Å²) in [5.74, 6) is -2.14. The van der Waals surface area contributed by atoms with Gasteiger partial charge in [-0.15, -0.1) is 0 Å². The van der Waals surface area contributed by atoms with Gasteiger partial charge in [-0.25, -0.2) is 4.79 Å². The van der Waals surface area contributed by atoms with Gasteiger partial charge in [0.2, 0.25) is 5.78 Å². The monoisotopic (exact) mass is 368 g/mol. The third-order valence-electron chi connectivity index (χ3n) is 3.76. The van der Waals surface area contributed by atoms with E-state index < -0.39 is 34.9 Å². The SMILES string of the molecule is CCOC(=O)c1[nH]nc(C(=O)c2ccc(C(C)(C)C)cc2)c1C(F)(F)F. The lowest BCUT2D eigenvalue weighted by Gasteiger charge is -2.19. The van der Waals surface area contributed by atoms with Crippen molar-refractivity contribution in [3.8, 4) is 0 Å². The Balaban J connectivity index is 2.48. The highest BCUT2D eigenvalue weighted by molar-refractivity contribution is 6.10. The van der Waals surface area contributed by atoms with E-state index in [1.54, 1.807) is 12.1 Å². The first-order valence-corrected chi connectivity index (χ1v) is 7.94. The summed E-state index contributed by atoms with van der Waals surface area (Å²) in [7, 11) is 0. The molecule has 26 heavy (non-hydrogen) atoms. The number of halogens is 3. The first kappa shape index (κ1) is 19.7. The topological polar surface area (TPSA) is 72.1 Å². The van der Waals surface area contributed by atoms with Gasteiger partial charge in [0.25, 0.3) is 0 Å². The molecule has 2 rings (SSSR count). The molecule has 0 aliphatic heterocycles. The molecule has 0 saturated carbocycles. The lowest BCUT2D eigenvalue weighted by molar-refractivity contribution is -0.138. The summed E-state index contributed by atoms with van der Waals surface area (Å²) in [5.41, 5.74) is -2.34. The number of carbonyl (C=O) groups excluding carboxylic acids is 2. The van der Waals surface area contributed by atoms with Gasteiger partial charge in [-0.3, -0.25) is 9.89 Å². The number of ketones is 1. The smallest absolute Gasteiger partial charge is 0.421 e. The van der Waals surface area contributed by atoms with Crippen molar-refractivity contribution in [2.24, 2.45) is 0 Å². The molecule has 0 spiro atoms. The molecule has 5 nitrogen and oxygen atoms in total. The summed E-state index contributed by atoms with van der Waals surface area (Å²) in [5, 5.41) is 5.42. The number of esters is 1. The highest BCUT2D eigenvalue weighted by atomic mass is 19.4. The Kier molecular flexibility index (Phi) is 5.25. The number of carbonyl (C=O) groups is 2. The van der Waals surface area contributed by atoms with E-state index in [1.165, 1.54) is 19.1 Å². The van der Waals surface area contributed by atoms with Gasteiger partial charge in [0.15, 0.2) is 5.69 Å². The Morgan fingerprint density at radius 3 is 2.15 bits per heavy atom. The number of nitrogens with zero attached hydrogens (tertiary/aromatic N) is 1. The van der Waals surface area contributed by atoms with E-state index in [9.17, 15) is 22.8 Å². The van der Waals surface area contributed by atoms with Crippen LogP contribution in [0, 0.1) is 0 Å². The number of ether oxygens (including phenoxy) is 1. The molecule has 0 amide bonds. The molecule has 140 valence electrons. The van der Waals surface area contributed by atoms with Gasteiger partial charge in [0.1, 0.15) is 11.3 Å². The minimum atomic E-state index is -4.94. The van der Waals surface area contributed by atoms with Crippen molar-refractivity contribution in [3.63, 3.8) is 0 Å². The minimum absolute atomic E-state index is 0.0467. The van der Waals surface area contributed by atoms with Gasteiger partial charge in [-0.05, 0) is 17.9 Å². The molecule has 0 atom stereocenters. The summed E-state index contributed by atoms with van der Waals surface area (Å²) in [6.45, 7) is 7.29. The maximum Gasteiger partial charge on any atom is 0.421 e. The van der Waals surface area contributed by atoms with Crippen LogP contribution < -0.4 is 0 Å². The van der Waals surface area contributed by atoms with Gasteiger partial charge in [-0.1, -0.05) is 45.0 Å². The molecule has 1 aromatic carbocycles. The molecule has 0 aliphatic carbocycles. The standard InChI is InChI=1S/C18H19F3N2O3/c1-5-26-16(25)14-12(18(19,20)21)13(22-23-14)15(24)10-6-8-11(9-7-10)17(2,3)4/h6-9H,5H2,1-4H3,(H,22,23). The molecule has 0 saturated heterocycles. The fraction of sp³-hybridized carbons (Fsp3) is 0.389. The van der Waals surface area contributed by atoms with E-state index >= 15 is 0 Å². The normalized spacial score (nSPS) is 12.1. The van der Waals surface area contributed by atoms with Crippen LogP contribution in [0.5, 0.6) is 0 Å². The molecule has 1 N–H and O–H groups in total. The molecular formula is C18H19F3N2O3. The second kappa shape index (κ2) is 6.93. The number of aromatic amines is 1. The second-order valence-electron chi connectivity index (χ2n) is 6.70. The Hall–Kier alpha value is -2.64. The molecule has 1 heterocycles. The number of nitrogens with one attached hydrogen (secondary N) is 1. The lowest BCUT2D eigenvalue weighted by Crippen LogP contribution is -2.18. The summed E-state index contributed by atoms with van der Waals surface area (Å²) in [4.78, 5) is 24.3. The van der Waals surface area contributed by atoms with Crippen molar-refractivity contribution < 1.29 is 27.5 Å². The number of H-pyrrole nitrogens is 1. The van der Waals surface area contributed by atoms with Gasteiger partial charge in [0.05, 0.1) is 6.61 Å². The summed E-state index contributed by atoms with van der Waals surface area (Å²) in [6, 6.07) is 6.25. The second-order valence-corrected chi connectivity index (χ2v) is 6.70. The van der Waals surface area contributed by atoms with E-state index in [4.69, 9.17) is 0 Å². The Morgan fingerprint density at radius 1 is 1.12 bits per heavy atom. The Morgan fingerprint density at radius 2 is 1.69 bits per heavy atom. The number of aromatic nitrogens is 2. The highest BCUT2D eigenvalue weighted by Gasteiger charge is 2.43. The summed E-state index contributed by atoms with van der Waals surface area (Å²) >= 11 is 0. The average Bonchev–Trinajstić information content (AvgIpc) is 2.99. The van der Waals surface area contributed by atoms with Crippen LogP contribution in [0.2, 0.25) is 0 Å². The van der Waals surface area contributed by atoms with Crippen molar-refractivity contribution in [2.75, 3.05) is 6.61 Å². The van der Waals surface area contributed by atoms with Crippen molar-refractivity contribution in [2.45, 2.75) is 39.3 Å². The lowest BCUT2D eigenvalue weighted by atomic mass is 9.86. The molecule has 0 fully saturated rings. The van der Waals surface area contributed by atoms with Crippen LogP contribution in [0.1, 0.15) is 65.4 Å². The van der Waals surface area contributed by atoms with E-state index in [2.05, 4.69) is 9.84 Å². The number of hydrogen-bond donors (Lipinski definition) is 1. The predicted molar refractivity (Wildman–Crippen MR) is 88.1 cm³/mol. The maximum atomic E-state index is 13.4. The molecule has 2 aromatic rings. The van der Waals surface area contributed by atoms with E-state index in [0.29, 0.717) is 0 Å². The predicted octanol–water partition coefficient (Wildman–Crippen LogP) is 4.13. The van der Waals surface area contributed by atoms with Gasteiger partial charge in [-0.2, -0.15) is 18.3 Å². The van der Waals surface area contributed by atoms with Crippen LogP contribution in [0.15, 0.2) is 24.3 Å². The van der Waals surface area contributed by atoms with Gasteiger partial charge >= 0.3 is 12.1 Å². The van der Waals surface area contributed by atoms with Crippen LogP contribution in [0.25, 0.3) is 0 Å². The maximum absolute atomic E-state index is 13.4. The molecule has 8 heteroatoms. The highest BCUT2D eigenvalue weighted by Crippen LogP contribution is 2.35. The Labute approximate surface area is 148 Å². The molecule has 0 bridgehead atoms. The van der Waals surface area contributed by atoms with E-state index in [-0.39, 0.29) is 17.6 Å². The number of benzene rings is 1. The minimum Gasteiger partial charge on any atom is -0.461 e. The summed E-state index contributed by atoms with van der Waals surface area (Å²) in [6.07, 6.45) is -4.94. The van der Waals surface area contributed by atoms with Crippen molar-refractivity contribution >= 4 is 11.8 Å². The van der Waals surface area contributed by atoms with Crippen LogP contribution in [-0.2, 0) is 16.3 Å². The largest absolute Gasteiger partial charge is 0.461 e. The molecule has 0 aliphatic rings. The zero-order valence-corrected chi connectivity index (χ0v) is 14.8. The molecular weight excluding hydrogens is 349 g/mol. The van der Waals surface area contributed by atoms with E-state index in [1.807, 2.05) is 25.9 Å². The van der Waals surface area contributed by atoms with Crippen LogP contribution in [0.3, 0.4) is 0 Å². The van der Waals surface area contributed by atoms with E-state index in [0.717, 1.165) is 5.56 Å². The number of alkyl halides is 3. The average molecular weight is 368 g/mol. The molecule has 1 aromatic heterocycles. The van der Waals surface area contributed by atoms with Gasteiger partial charge in [0, 0.05) is 5.56 Å². The Bertz CT molecular complexity index is 816. The zero-order chi connectivity index (χ0) is 19.7. The fourth-order valence-corrected chi connectivity index (χ4v) is 2.39. The summed E-state index contributed by atoms with van der Waals surface area (Å²) < 4.78 is 44.9. The first-order chi connectivity index (χ1) is 12.0. The van der Waals surface area contributed by atoms with Crippen LogP contribution in [0.4, 0.5) is 13.2 Å². The van der Waals surface area contributed by atoms with Crippen LogP contribution >= 0.6 is 0 Å². The fourth-order valence-electron chi connectivity index (χ4n) is 2.39. The number of hydrogen-bond acceptors (Lipinski definition) is 4. The third kappa shape index (κ3) is 3.95. The number of rotatable bonds is 4. The van der Waals surface area contributed by atoms with Gasteiger partial charge < -0.3 is 4.74 Å².